The van der Waals surface area contributed by atoms with Gasteiger partial charge < -0.3 is 9.47 Å². The third-order valence-electron chi connectivity index (χ3n) is 3.39. The molecule has 0 aromatic carbocycles. The van der Waals surface area contributed by atoms with E-state index < -0.39 is 19.8 Å². The summed E-state index contributed by atoms with van der Waals surface area (Å²) in [6, 6.07) is 0. The molecule has 0 aliphatic carbocycles. The van der Waals surface area contributed by atoms with Gasteiger partial charge in [0, 0.05) is 25.1 Å². The largest absolute Gasteiger partial charge is 0.350 e. The van der Waals surface area contributed by atoms with E-state index in [-0.39, 0.29) is 0 Å². The molecule has 0 aromatic heterocycles. The minimum absolute atomic E-state index is 0.451. The van der Waals surface area contributed by atoms with Crippen LogP contribution < -0.4 is 0 Å². The highest BCUT2D eigenvalue weighted by molar-refractivity contribution is 8.46. The van der Waals surface area contributed by atoms with Crippen LogP contribution in [0, 0.1) is 0 Å². The summed E-state index contributed by atoms with van der Waals surface area (Å²) in [5.74, 6) is 1.12. The lowest BCUT2D eigenvalue weighted by Crippen LogP contribution is -2.56. The minimum Gasteiger partial charge on any atom is -0.350 e. The molecule has 4 nitrogen and oxygen atoms in total. The molecule has 0 radical (unpaired) electrons. The fourth-order valence-corrected chi connectivity index (χ4v) is 11.5. The van der Waals surface area contributed by atoms with Crippen LogP contribution in [0.4, 0.5) is 0 Å². The van der Waals surface area contributed by atoms with Gasteiger partial charge in [-0.05, 0) is 19.1 Å². The number of thioether (sulfide) groups is 2. The summed E-state index contributed by atoms with van der Waals surface area (Å²) in [5.41, 5.74) is 0. The van der Waals surface area contributed by atoms with Gasteiger partial charge in [0.2, 0.25) is 9.20 Å². The maximum atomic E-state index is 5.87. The Kier molecular flexibility index (Phi) is 7.21. The fourth-order valence-electron chi connectivity index (χ4n) is 2.23. The van der Waals surface area contributed by atoms with Crippen molar-refractivity contribution in [1.82, 2.24) is 0 Å². The predicted molar refractivity (Wildman–Crippen MR) is 90.1 cm³/mol. The van der Waals surface area contributed by atoms with E-state index in [2.05, 4.69) is 12.6 Å². The van der Waals surface area contributed by atoms with Crippen LogP contribution >= 0.6 is 46.7 Å². The Morgan fingerprint density at radius 3 is 2.26 bits per heavy atom. The van der Waals surface area contributed by atoms with E-state index >= 15 is 0 Å². The molecule has 0 saturated carbocycles. The number of ether oxygens (including phenoxy) is 2. The molecule has 1 saturated heterocycles. The lowest BCUT2D eigenvalue weighted by atomic mass is 10.4. The van der Waals surface area contributed by atoms with Crippen molar-refractivity contribution >= 4 is 46.7 Å². The molecule has 0 aromatic rings. The van der Waals surface area contributed by atoms with Crippen molar-refractivity contribution < 1.29 is 17.8 Å². The van der Waals surface area contributed by atoms with Gasteiger partial charge in [0.25, 0.3) is 0 Å². The SMILES string of the molecule is COC(C)(OC)C1(SCS)SCCCS1(OC)OC. The standard InChI is InChI=1S/C11H24O4S4/c1-10(12-2,13-3)11(18-9-16)17-7-6-8-19(11,14-4)15-5/h16H,6-9H2,1-5H3. The highest BCUT2D eigenvalue weighted by Gasteiger charge is 2.62. The molecule has 0 N–H and O–H groups in total. The monoisotopic (exact) mass is 348 g/mol. The van der Waals surface area contributed by atoms with Gasteiger partial charge in [0.05, 0.1) is 14.2 Å². The van der Waals surface area contributed by atoms with Gasteiger partial charge >= 0.3 is 0 Å². The molecular formula is C11H24O4S4. The second kappa shape index (κ2) is 7.49. The van der Waals surface area contributed by atoms with Gasteiger partial charge in [0.15, 0.2) is 0 Å². The topological polar surface area (TPSA) is 36.9 Å². The Balaban J connectivity index is 3.34. The summed E-state index contributed by atoms with van der Waals surface area (Å²) in [4.78, 5) is 0. The van der Waals surface area contributed by atoms with Gasteiger partial charge in [-0.1, -0.05) is 0 Å². The van der Waals surface area contributed by atoms with Crippen LogP contribution in [0.25, 0.3) is 0 Å². The molecule has 1 heterocycles. The normalized spacial score (nSPS) is 29.2. The number of hydrogen-bond acceptors (Lipinski definition) is 7. The van der Waals surface area contributed by atoms with Gasteiger partial charge in [-0.15, -0.1) is 23.5 Å². The maximum absolute atomic E-state index is 5.87. The van der Waals surface area contributed by atoms with E-state index in [1.807, 2.05) is 6.92 Å². The molecule has 19 heavy (non-hydrogen) atoms. The maximum Gasteiger partial charge on any atom is 0.207 e. The lowest BCUT2D eigenvalue weighted by molar-refractivity contribution is -0.188. The molecule has 1 fully saturated rings. The molecule has 1 rings (SSSR count). The van der Waals surface area contributed by atoms with Crippen LogP contribution in [-0.4, -0.2) is 54.2 Å². The summed E-state index contributed by atoms with van der Waals surface area (Å²) in [5, 5.41) is 0.650. The van der Waals surface area contributed by atoms with Crippen molar-refractivity contribution in [3.8, 4) is 0 Å². The van der Waals surface area contributed by atoms with Crippen LogP contribution in [0.5, 0.6) is 0 Å². The average molecular weight is 349 g/mol. The quantitative estimate of drug-likeness (QED) is 0.562. The predicted octanol–water partition coefficient (Wildman–Crippen LogP) is 3.33. The Hall–Kier alpha value is 1.24. The summed E-state index contributed by atoms with van der Waals surface area (Å²) < 4.78 is 22.7. The van der Waals surface area contributed by atoms with Crippen LogP contribution in [-0.2, 0) is 17.8 Å². The molecule has 0 spiro atoms. The third-order valence-corrected chi connectivity index (χ3v) is 11.9. The molecule has 116 valence electrons. The minimum atomic E-state index is -1.79. The van der Waals surface area contributed by atoms with Gasteiger partial charge in [0.1, 0.15) is 0 Å². The Labute approximate surface area is 132 Å². The second-order valence-electron chi connectivity index (χ2n) is 4.04. The number of rotatable bonds is 7. The van der Waals surface area contributed by atoms with Crippen LogP contribution in [0.2, 0.25) is 0 Å². The van der Waals surface area contributed by atoms with E-state index in [4.69, 9.17) is 17.8 Å². The van der Waals surface area contributed by atoms with E-state index in [1.165, 1.54) is 0 Å². The smallest absolute Gasteiger partial charge is 0.207 e. The molecule has 1 unspecified atom stereocenters. The van der Waals surface area contributed by atoms with Crippen molar-refractivity contribution in [1.29, 1.82) is 0 Å². The molecule has 0 bridgehead atoms. The zero-order chi connectivity index (χ0) is 14.6. The average Bonchev–Trinajstić information content (AvgIpc) is 2.47. The van der Waals surface area contributed by atoms with Crippen LogP contribution in [0.3, 0.4) is 0 Å². The van der Waals surface area contributed by atoms with Gasteiger partial charge in [-0.3, -0.25) is 8.37 Å². The van der Waals surface area contributed by atoms with Crippen molar-refractivity contribution in [2.45, 2.75) is 22.5 Å². The van der Waals surface area contributed by atoms with E-state index in [0.29, 0.717) is 5.08 Å². The molecule has 1 aliphatic rings. The Morgan fingerprint density at radius 2 is 1.84 bits per heavy atom. The third kappa shape index (κ3) is 2.92. The van der Waals surface area contributed by atoms with Gasteiger partial charge in [-0.25, -0.2) is 0 Å². The summed E-state index contributed by atoms with van der Waals surface area (Å²) in [6.07, 6.45) is 1.07. The van der Waals surface area contributed by atoms with E-state index in [9.17, 15) is 0 Å². The number of hydrogen-bond donors (Lipinski definition) is 1. The number of methoxy groups -OCH3 is 2. The first-order valence-electron chi connectivity index (χ1n) is 5.92. The van der Waals surface area contributed by atoms with Crippen molar-refractivity contribution in [3.63, 3.8) is 0 Å². The number of thiol groups is 1. The first-order valence-corrected chi connectivity index (χ1v) is 10.2. The highest BCUT2D eigenvalue weighted by atomic mass is 32.3. The molecule has 1 aliphatic heterocycles. The van der Waals surface area contributed by atoms with Crippen LogP contribution in [0.1, 0.15) is 13.3 Å². The van der Waals surface area contributed by atoms with Crippen molar-refractivity contribution in [3.05, 3.63) is 0 Å². The molecule has 1 atom stereocenters. The first-order chi connectivity index (χ1) is 9.01. The summed E-state index contributed by atoms with van der Waals surface area (Å²) in [6.45, 7) is 1.95. The Bertz CT molecular complexity index is 280. The van der Waals surface area contributed by atoms with Crippen molar-refractivity contribution in [2.75, 3.05) is 45.0 Å². The lowest BCUT2D eigenvalue weighted by Gasteiger charge is -2.61. The Morgan fingerprint density at radius 1 is 1.26 bits per heavy atom. The van der Waals surface area contributed by atoms with Crippen LogP contribution in [0.15, 0.2) is 0 Å². The zero-order valence-electron chi connectivity index (χ0n) is 12.1. The summed E-state index contributed by atoms with van der Waals surface area (Å²) >= 11 is 7.87. The molecular weight excluding hydrogens is 324 g/mol. The van der Waals surface area contributed by atoms with Gasteiger partial charge in [-0.2, -0.15) is 23.2 Å². The van der Waals surface area contributed by atoms with E-state index in [0.717, 1.165) is 17.9 Å². The second-order valence-corrected chi connectivity index (χ2v) is 11.0. The summed E-state index contributed by atoms with van der Waals surface area (Å²) in [7, 11) is 4.96. The molecule has 0 amide bonds. The first kappa shape index (κ1) is 18.3. The zero-order valence-corrected chi connectivity index (χ0v) is 15.5. The fraction of sp³-hybridized carbons (Fsp3) is 1.00. The molecule has 8 heteroatoms. The highest BCUT2D eigenvalue weighted by Crippen LogP contribution is 2.76. The van der Waals surface area contributed by atoms with E-state index in [1.54, 1.807) is 52.0 Å². The van der Waals surface area contributed by atoms with Crippen molar-refractivity contribution in [2.24, 2.45) is 0 Å².